The van der Waals surface area contributed by atoms with E-state index in [1.54, 1.807) is 0 Å². The van der Waals surface area contributed by atoms with Gasteiger partial charge < -0.3 is 9.69 Å². The number of aldehydes is 1. The van der Waals surface area contributed by atoms with Crippen LogP contribution in [-0.2, 0) is 11.2 Å². The van der Waals surface area contributed by atoms with Crippen LogP contribution in [-0.4, -0.2) is 12.8 Å². The molecule has 2 heteroatoms. The highest BCUT2D eigenvalue weighted by Gasteiger charge is 2.26. The van der Waals surface area contributed by atoms with Gasteiger partial charge >= 0.3 is 0 Å². The van der Waals surface area contributed by atoms with Crippen molar-refractivity contribution in [1.29, 1.82) is 0 Å². The summed E-state index contributed by atoms with van der Waals surface area (Å²) < 4.78 is 0. The Hall–Kier alpha value is -2.09. The van der Waals surface area contributed by atoms with E-state index in [9.17, 15) is 4.79 Å². The van der Waals surface area contributed by atoms with Crippen molar-refractivity contribution < 1.29 is 4.79 Å². The van der Waals surface area contributed by atoms with Crippen LogP contribution in [0.1, 0.15) is 17.2 Å². The lowest BCUT2D eigenvalue weighted by Gasteiger charge is -2.26. The molecule has 1 aliphatic heterocycles. The van der Waals surface area contributed by atoms with Gasteiger partial charge in [0.2, 0.25) is 0 Å². The Labute approximate surface area is 107 Å². The molecule has 2 aromatic rings. The van der Waals surface area contributed by atoms with E-state index in [1.165, 1.54) is 11.3 Å². The van der Waals surface area contributed by atoms with Crippen molar-refractivity contribution >= 4 is 12.0 Å². The van der Waals surface area contributed by atoms with Crippen LogP contribution < -0.4 is 4.90 Å². The first-order chi connectivity index (χ1) is 8.90. The molecule has 3 rings (SSSR count). The Morgan fingerprint density at radius 2 is 1.72 bits per heavy atom. The van der Waals surface area contributed by atoms with E-state index in [2.05, 4.69) is 23.1 Å². The number of rotatable bonds is 3. The highest BCUT2D eigenvalue weighted by molar-refractivity contribution is 5.72. The molecule has 90 valence electrons. The van der Waals surface area contributed by atoms with Gasteiger partial charge in [-0.1, -0.05) is 48.5 Å². The normalized spacial score (nSPS) is 15.2. The second-order valence-electron chi connectivity index (χ2n) is 4.56. The summed E-state index contributed by atoms with van der Waals surface area (Å²) in [4.78, 5) is 13.7. The van der Waals surface area contributed by atoms with Crippen LogP contribution in [0.3, 0.4) is 0 Å². The zero-order valence-electron chi connectivity index (χ0n) is 10.1. The maximum absolute atomic E-state index is 11.5. The maximum Gasteiger partial charge on any atom is 0.146 e. The largest absolute Gasteiger partial charge is 0.357 e. The first-order valence-corrected chi connectivity index (χ1v) is 6.25. The van der Waals surface area contributed by atoms with E-state index in [0.717, 1.165) is 24.8 Å². The Morgan fingerprint density at radius 3 is 2.50 bits per heavy atom. The van der Waals surface area contributed by atoms with Crippen LogP contribution in [0, 0.1) is 0 Å². The van der Waals surface area contributed by atoms with E-state index >= 15 is 0 Å². The lowest BCUT2D eigenvalue weighted by atomic mass is 10.1. The van der Waals surface area contributed by atoms with Gasteiger partial charge in [-0.2, -0.15) is 0 Å². The summed E-state index contributed by atoms with van der Waals surface area (Å²) in [5, 5.41) is 0. The smallest absolute Gasteiger partial charge is 0.146 e. The number of para-hydroxylation sites is 1. The van der Waals surface area contributed by atoms with Gasteiger partial charge in [0.15, 0.2) is 0 Å². The standard InChI is InChI=1S/C16H15NO/c18-12-16(13-6-2-1-3-7-13)17-11-10-14-8-4-5-9-15(14)17/h1-9,12,16H,10-11H2. The second kappa shape index (κ2) is 4.65. The van der Waals surface area contributed by atoms with E-state index in [1.807, 2.05) is 36.4 Å². The molecule has 0 bridgehead atoms. The quantitative estimate of drug-likeness (QED) is 0.765. The third kappa shape index (κ3) is 1.80. The highest BCUT2D eigenvalue weighted by Crippen LogP contribution is 2.33. The molecule has 0 saturated carbocycles. The minimum absolute atomic E-state index is 0.171. The van der Waals surface area contributed by atoms with Crippen molar-refractivity contribution in [2.24, 2.45) is 0 Å². The van der Waals surface area contributed by atoms with E-state index in [-0.39, 0.29) is 6.04 Å². The van der Waals surface area contributed by atoms with Crippen LogP contribution in [0.4, 0.5) is 5.69 Å². The predicted molar refractivity (Wildman–Crippen MR) is 72.7 cm³/mol. The lowest BCUT2D eigenvalue weighted by Crippen LogP contribution is -2.27. The summed E-state index contributed by atoms with van der Waals surface area (Å²) >= 11 is 0. The first-order valence-electron chi connectivity index (χ1n) is 6.25. The SMILES string of the molecule is O=CC(c1ccccc1)N1CCc2ccccc21. The van der Waals surface area contributed by atoms with Crippen LogP contribution in [0.25, 0.3) is 0 Å². The Morgan fingerprint density at radius 1 is 1.00 bits per heavy atom. The fraction of sp³-hybridized carbons (Fsp3) is 0.188. The molecule has 0 N–H and O–H groups in total. The average Bonchev–Trinajstić information content (AvgIpc) is 2.85. The van der Waals surface area contributed by atoms with Crippen LogP contribution in [0.2, 0.25) is 0 Å². The molecule has 1 atom stereocenters. The molecule has 1 heterocycles. The topological polar surface area (TPSA) is 20.3 Å². The third-order valence-electron chi connectivity index (χ3n) is 3.53. The summed E-state index contributed by atoms with van der Waals surface area (Å²) in [5.74, 6) is 0. The van der Waals surface area contributed by atoms with Gasteiger partial charge in [-0.25, -0.2) is 0 Å². The number of fused-ring (bicyclic) bond motifs is 1. The van der Waals surface area contributed by atoms with Crippen LogP contribution in [0.5, 0.6) is 0 Å². The number of hydrogen-bond donors (Lipinski definition) is 0. The summed E-state index contributed by atoms with van der Waals surface area (Å²) in [6, 6.07) is 18.1. The van der Waals surface area contributed by atoms with Crippen molar-refractivity contribution in [1.82, 2.24) is 0 Å². The van der Waals surface area contributed by atoms with Crippen molar-refractivity contribution in [2.45, 2.75) is 12.5 Å². The van der Waals surface area contributed by atoms with Crippen molar-refractivity contribution in [3.05, 3.63) is 65.7 Å². The van der Waals surface area contributed by atoms with Gasteiger partial charge in [0.25, 0.3) is 0 Å². The molecule has 2 nitrogen and oxygen atoms in total. The number of nitrogens with zero attached hydrogens (tertiary/aromatic N) is 1. The number of carbonyl (C=O) groups excluding carboxylic acids is 1. The fourth-order valence-corrected chi connectivity index (χ4v) is 2.63. The molecular formula is C16H15NO. The number of hydrogen-bond acceptors (Lipinski definition) is 2. The number of benzene rings is 2. The van der Waals surface area contributed by atoms with Gasteiger partial charge in [0.1, 0.15) is 12.3 Å². The average molecular weight is 237 g/mol. The minimum Gasteiger partial charge on any atom is -0.357 e. The monoisotopic (exact) mass is 237 g/mol. The first kappa shape index (κ1) is 11.0. The van der Waals surface area contributed by atoms with Crippen molar-refractivity contribution in [3.63, 3.8) is 0 Å². The zero-order valence-corrected chi connectivity index (χ0v) is 10.1. The molecule has 0 radical (unpaired) electrons. The van der Waals surface area contributed by atoms with E-state index < -0.39 is 0 Å². The maximum atomic E-state index is 11.5. The van der Waals surface area contributed by atoms with Crippen molar-refractivity contribution in [3.8, 4) is 0 Å². The summed E-state index contributed by atoms with van der Waals surface area (Å²) in [5.41, 5.74) is 3.59. The lowest BCUT2D eigenvalue weighted by molar-refractivity contribution is -0.109. The van der Waals surface area contributed by atoms with E-state index in [0.29, 0.717) is 0 Å². The molecule has 18 heavy (non-hydrogen) atoms. The molecule has 1 unspecified atom stereocenters. The van der Waals surface area contributed by atoms with Gasteiger partial charge in [-0.05, 0) is 23.6 Å². The molecule has 0 aromatic heterocycles. The van der Waals surface area contributed by atoms with E-state index in [4.69, 9.17) is 0 Å². The highest BCUT2D eigenvalue weighted by atomic mass is 16.1. The van der Waals surface area contributed by atoms with Gasteiger partial charge in [-0.15, -0.1) is 0 Å². The zero-order chi connectivity index (χ0) is 12.4. The van der Waals surface area contributed by atoms with Gasteiger partial charge in [0, 0.05) is 12.2 Å². The molecule has 0 amide bonds. The molecular weight excluding hydrogens is 222 g/mol. The number of carbonyl (C=O) groups is 1. The Balaban J connectivity index is 1.98. The van der Waals surface area contributed by atoms with Gasteiger partial charge in [0.05, 0.1) is 0 Å². The fourth-order valence-electron chi connectivity index (χ4n) is 2.63. The van der Waals surface area contributed by atoms with Crippen LogP contribution in [0.15, 0.2) is 54.6 Å². The van der Waals surface area contributed by atoms with Crippen molar-refractivity contribution in [2.75, 3.05) is 11.4 Å². The number of anilines is 1. The molecule has 2 aromatic carbocycles. The minimum atomic E-state index is -0.171. The summed E-state index contributed by atoms with van der Waals surface area (Å²) in [6.07, 6.45) is 2.06. The Bertz CT molecular complexity index is 550. The second-order valence-corrected chi connectivity index (χ2v) is 4.56. The van der Waals surface area contributed by atoms with Crippen LogP contribution >= 0.6 is 0 Å². The molecule has 0 spiro atoms. The summed E-state index contributed by atoms with van der Waals surface area (Å²) in [6.45, 7) is 0.914. The van der Waals surface area contributed by atoms with Gasteiger partial charge in [-0.3, -0.25) is 0 Å². The molecule has 0 aliphatic carbocycles. The molecule has 0 fully saturated rings. The summed E-state index contributed by atoms with van der Waals surface area (Å²) in [7, 11) is 0. The Kier molecular flexibility index (Phi) is 2.85. The third-order valence-corrected chi connectivity index (χ3v) is 3.53. The molecule has 1 aliphatic rings. The molecule has 0 saturated heterocycles. The predicted octanol–water partition coefficient (Wildman–Crippen LogP) is 2.99.